The zero-order valence-electron chi connectivity index (χ0n) is 9.46. The van der Waals surface area contributed by atoms with Crippen LogP contribution in [0.2, 0.25) is 0 Å². The normalized spacial score (nSPS) is 13.1. The molecule has 0 spiro atoms. The van der Waals surface area contributed by atoms with Gasteiger partial charge in [-0.3, -0.25) is 0 Å². The van der Waals surface area contributed by atoms with Crippen LogP contribution in [0.4, 0.5) is 0 Å². The molecule has 1 heteroatoms. The van der Waals surface area contributed by atoms with Crippen LogP contribution in [-0.4, -0.2) is 12.1 Å². The molecule has 1 aromatic carbocycles. The average molecular weight is 191 g/mol. The third kappa shape index (κ3) is 4.43. The predicted octanol–water partition coefficient (Wildman–Crippen LogP) is 3.01. The van der Waals surface area contributed by atoms with Crippen LogP contribution in [0.15, 0.2) is 30.3 Å². The van der Waals surface area contributed by atoms with Crippen molar-refractivity contribution in [2.24, 2.45) is 0 Å². The molecule has 0 amide bonds. The second-order valence-corrected chi connectivity index (χ2v) is 4.25. The molecule has 1 unspecified atom stereocenters. The molecule has 78 valence electrons. The molecule has 0 heterocycles. The third-order valence-corrected chi connectivity index (χ3v) is 2.33. The van der Waals surface area contributed by atoms with E-state index in [9.17, 15) is 0 Å². The number of aryl methyl sites for hydroxylation is 1. The van der Waals surface area contributed by atoms with E-state index in [0.29, 0.717) is 12.1 Å². The van der Waals surface area contributed by atoms with Crippen LogP contribution >= 0.6 is 0 Å². The Morgan fingerprint density at radius 3 is 2.29 bits per heavy atom. The van der Waals surface area contributed by atoms with Crippen LogP contribution in [0.1, 0.15) is 32.8 Å². The zero-order valence-corrected chi connectivity index (χ0v) is 9.46. The summed E-state index contributed by atoms with van der Waals surface area (Å²) in [5.41, 5.74) is 1.44. The third-order valence-electron chi connectivity index (χ3n) is 2.33. The number of nitrogens with one attached hydrogen (secondary N) is 1. The Morgan fingerprint density at radius 2 is 1.71 bits per heavy atom. The van der Waals surface area contributed by atoms with Gasteiger partial charge in [-0.05, 0) is 25.3 Å². The topological polar surface area (TPSA) is 12.0 Å². The molecule has 0 saturated carbocycles. The van der Waals surface area contributed by atoms with Crippen molar-refractivity contribution in [1.29, 1.82) is 0 Å². The molecule has 0 bridgehead atoms. The van der Waals surface area contributed by atoms with Crippen molar-refractivity contribution in [3.8, 4) is 0 Å². The smallest absolute Gasteiger partial charge is 0.00442 e. The summed E-state index contributed by atoms with van der Waals surface area (Å²) in [7, 11) is 0. The van der Waals surface area contributed by atoms with Crippen LogP contribution < -0.4 is 5.32 Å². The molecule has 1 nitrogen and oxygen atoms in total. The highest BCUT2D eigenvalue weighted by atomic mass is 14.9. The van der Waals surface area contributed by atoms with Gasteiger partial charge in [0.05, 0.1) is 0 Å². The largest absolute Gasteiger partial charge is 0.312 e. The summed E-state index contributed by atoms with van der Waals surface area (Å²) in [5, 5.41) is 3.51. The standard InChI is InChI=1S/C13H21N/c1-11(2)14-12(3)9-10-13-7-5-4-6-8-13/h4-8,11-12,14H,9-10H2,1-3H3. The summed E-state index contributed by atoms with van der Waals surface area (Å²) in [6.07, 6.45) is 2.38. The van der Waals surface area contributed by atoms with Gasteiger partial charge in [-0.2, -0.15) is 0 Å². The van der Waals surface area contributed by atoms with E-state index in [2.05, 4.69) is 56.4 Å². The highest BCUT2D eigenvalue weighted by Crippen LogP contribution is 2.04. The van der Waals surface area contributed by atoms with Gasteiger partial charge in [0.25, 0.3) is 0 Å². The molecule has 1 atom stereocenters. The number of hydrogen-bond donors (Lipinski definition) is 1. The van der Waals surface area contributed by atoms with Crippen LogP contribution in [-0.2, 0) is 6.42 Å². The minimum Gasteiger partial charge on any atom is -0.312 e. The van der Waals surface area contributed by atoms with E-state index in [1.807, 2.05) is 0 Å². The van der Waals surface area contributed by atoms with E-state index in [1.54, 1.807) is 0 Å². The summed E-state index contributed by atoms with van der Waals surface area (Å²) in [4.78, 5) is 0. The number of hydrogen-bond acceptors (Lipinski definition) is 1. The number of benzene rings is 1. The first-order chi connectivity index (χ1) is 6.68. The van der Waals surface area contributed by atoms with Gasteiger partial charge in [0, 0.05) is 12.1 Å². The molecule has 0 aliphatic heterocycles. The zero-order chi connectivity index (χ0) is 10.4. The molecular formula is C13H21N. The van der Waals surface area contributed by atoms with E-state index in [4.69, 9.17) is 0 Å². The quantitative estimate of drug-likeness (QED) is 0.754. The van der Waals surface area contributed by atoms with Gasteiger partial charge in [-0.15, -0.1) is 0 Å². The van der Waals surface area contributed by atoms with Gasteiger partial charge in [0.15, 0.2) is 0 Å². The van der Waals surface area contributed by atoms with Gasteiger partial charge in [-0.25, -0.2) is 0 Å². The van der Waals surface area contributed by atoms with Crippen LogP contribution in [0.3, 0.4) is 0 Å². The first kappa shape index (κ1) is 11.3. The molecule has 0 radical (unpaired) electrons. The van der Waals surface area contributed by atoms with Crippen LogP contribution in [0.25, 0.3) is 0 Å². The van der Waals surface area contributed by atoms with Gasteiger partial charge in [0.1, 0.15) is 0 Å². The molecule has 1 aromatic rings. The Morgan fingerprint density at radius 1 is 1.07 bits per heavy atom. The first-order valence-corrected chi connectivity index (χ1v) is 5.48. The van der Waals surface area contributed by atoms with Crippen LogP contribution in [0, 0.1) is 0 Å². The minimum atomic E-state index is 0.584. The highest BCUT2D eigenvalue weighted by Gasteiger charge is 2.03. The van der Waals surface area contributed by atoms with Crippen molar-refractivity contribution in [1.82, 2.24) is 5.32 Å². The lowest BCUT2D eigenvalue weighted by Crippen LogP contribution is -2.32. The van der Waals surface area contributed by atoms with Gasteiger partial charge < -0.3 is 5.32 Å². The second-order valence-electron chi connectivity index (χ2n) is 4.25. The average Bonchev–Trinajstić information content (AvgIpc) is 2.15. The summed E-state index contributed by atoms with van der Waals surface area (Å²) < 4.78 is 0. The van der Waals surface area contributed by atoms with E-state index < -0.39 is 0 Å². The minimum absolute atomic E-state index is 0.584. The fourth-order valence-electron chi connectivity index (χ4n) is 1.68. The SMILES string of the molecule is CC(C)NC(C)CCc1ccccc1. The Hall–Kier alpha value is -0.820. The molecule has 0 aliphatic rings. The number of rotatable bonds is 5. The molecule has 0 saturated heterocycles. The van der Waals surface area contributed by atoms with Crippen molar-refractivity contribution < 1.29 is 0 Å². The second kappa shape index (κ2) is 5.82. The molecule has 0 aromatic heterocycles. The van der Waals surface area contributed by atoms with Gasteiger partial charge in [0.2, 0.25) is 0 Å². The monoisotopic (exact) mass is 191 g/mol. The molecular weight excluding hydrogens is 170 g/mol. The van der Waals surface area contributed by atoms with Gasteiger partial charge in [-0.1, -0.05) is 44.2 Å². The van der Waals surface area contributed by atoms with E-state index in [-0.39, 0.29) is 0 Å². The summed E-state index contributed by atoms with van der Waals surface area (Å²) in [5.74, 6) is 0. The molecule has 1 rings (SSSR count). The van der Waals surface area contributed by atoms with Crippen molar-refractivity contribution >= 4 is 0 Å². The molecule has 0 aliphatic carbocycles. The lowest BCUT2D eigenvalue weighted by atomic mass is 10.1. The summed E-state index contributed by atoms with van der Waals surface area (Å²) in [6, 6.07) is 11.9. The van der Waals surface area contributed by atoms with E-state index in [1.165, 1.54) is 18.4 Å². The first-order valence-electron chi connectivity index (χ1n) is 5.48. The maximum Gasteiger partial charge on any atom is 0.00442 e. The van der Waals surface area contributed by atoms with Crippen molar-refractivity contribution in [3.63, 3.8) is 0 Å². The molecule has 0 fully saturated rings. The maximum atomic E-state index is 3.51. The molecule has 14 heavy (non-hydrogen) atoms. The fraction of sp³-hybridized carbons (Fsp3) is 0.538. The fourth-order valence-corrected chi connectivity index (χ4v) is 1.68. The summed E-state index contributed by atoms with van der Waals surface area (Å²) in [6.45, 7) is 6.64. The predicted molar refractivity (Wildman–Crippen MR) is 62.5 cm³/mol. The lowest BCUT2D eigenvalue weighted by Gasteiger charge is -2.16. The van der Waals surface area contributed by atoms with Crippen LogP contribution in [0.5, 0.6) is 0 Å². The summed E-state index contributed by atoms with van der Waals surface area (Å²) >= 11 is 0. The van der Waals surface area contributed by atoms with Crippen molar-refractivity contribution in [2.75, 3.05) is 0 Å². The Kier molecular flexibility index (Phi) is 4.68. The Labute approximate surface area is 87.5 Å². The van der Waals surface area contributed by atoms with E-state index >= 15 is 0 Å². The van der Waals surface area contributed by atoms with Crippen molar-refractivity contribution in [3.05, 3.63) is 35.9 Å². The Bertz CT molecular complexity index is 241. The van der Waals surface area contributed by atoms with E-state index in [0.717, 1.165) is 0 Å². The molecule has 1 N–H and O–H groups in total. The highest BCUT2D eigenvalue weighted by molar-refractivity contribution is 5.14. The lowest BCUT2D eigenvalue weighted by molar-refractivity contribution is 0.466. The van der Waals surface area contributed by atoms with Crippen molar-refractivity contribution in [2.45, 2.75) is 45.7 Å². The Balaban J connectivity index is 2.27. The maximum absolute atomic E-state index is 3.51. The van der Waals surface area contributed by atoms with Gasteiger partial charge >= 0.3 is 0 Å².